The average Bonchev–Trinajstić information content (AvgIpc) is 1.89. The normalized spacial score (nSPS) is 4.33. The van der Waals surface area contributed by atoms with Gasteiger partial charge in [-0.05, 0) is 11.8 Å². The largest absolute Gasteiger partial charge is 0.374 e. The first-order valence-corrected chi connectivity index (χ1v) is 1.96. The van der Waals surface area contributed by atoms with Crippen LogP contribution in [0, 0.1) is 36.2 Å². The van der Waals surface area contributed by atoms with Crippen LogP contribution >= 0.6 is 0 Å². The minimum Gasteiger partial charge on any atom is -0.374 e. The van der Waals surface area contributed by atoms with Gasteiger partial charge in [0.1, 0.15) is 6.11 Å². The Hall–Kier alpha value is -1.85. The van der Waals surface area contributed by atoms with Gasteiger partial charge in [-0.15, -0.1) is 6.42 Å². The first kappa shape index (κ1) is 7.15. The molecule has 0 atom stereocenters. The van der Waals surface area contributed by atoms with Crippen LogP contribution in [0.3, 0.4) is 0 Å². The average molecular weight is 118 g/mol. The molecule has 0 saturated carbocycles. The molecule has 42 valence electrons. The van der Waals surface area contributed by atoms with Crippen molar-refractivity contribution in [2.24, 2.45) is 0 Å². The zero-order valence-electron chi connectivity index (χ0n) is 4.47. The molecule has 0 fully saturated rings. The second-order valence-electron chi connectivity index (χ2n) is 0.835. The van der Waals surface area contributed by atoms with Crippen LogP contribution in [0.25, 0.3) is 0 Å². The summed E-state index contributed by atoms with van der Waals surface area (Å²) in [6.45, 7) is 0.213. The van der Waals surface area contributed by atoms with E-state index in [1.165, 1.54) is 0 Å². The maximum atomic E-state index is 9.42. The number of terminal acetylenes is 1. The maximum absolute atomic E-state index is 9.42. The molecule has 0 aromatic rings. The zero-order valence-corrected chi connectivity index (χ0v) is 4.47. The predicted molar refractivity (Wildman–Crippen MR) is 31.5 cm³/mol. The van der Waals surface area contributed by atoms with Crippen LogP contribution in [0.1, 0.15) is 0 Å². The molecule has 2 nitrogen and oxygen atoms in total. The smallest absolute Gasteiger partial charge is 0.307 e. The summed E-state index contributed by atoms with van der Waals surface area (Å²) in [7, 11) is 0. The Bertz CT molecular complexity index is 236. The van der Waals surface area contributed by atoms with Gasteiger partial charge >= 0.3 is 6.47 Å². The molecular weight excluding hydrogens is 116 g/mol. The first-order valence-electron chi connectivity index (χ1n) is 1.96. The third-order valence-electron chi connectivity index (χ3n) is 0.355. The lowest BCUT2D eigenvalue weighted by Crippen LogP contribution is -1.70. The summed E-state index contributed by atoms with van der Waals surface area (Å²) < 4.78 is 3.97. The van der Waals surface area contributed by atoms with Crippen molar-refractivity contribution < 1.29 is 9.53 Å². The maximum Gasteiger partial charge on any atom is 0.307 e. The Morgan fingerprint density at radius 3 is 2.67 bits per heavy atom. The number of rotatable bonds is 1. The second kappa shape index (κ2) is 6.15. The fourth-order valence-electron chi connectivity index (χ4n) is 0.146. The van der Waals surface area contributed by atoms with Gasteiger partial charge in [0.2, 0.25) is 0 Å². The molecule has 0 aromatic carbocycles. The molecule has 0 N–H and O–H groups in total. The Labute approximate surface area is 53.2 Å². The van der Waals surface area contributed by atoms with E-state index in [-0.39, 0.29) is 6.47 Å². The molecule has 2 heteroatoms. The summed E-state index contributed by atoms with van der Waals surface area (Å²) in [6.07, 6.45) is 6.72. The molecule has 0 amide bonds. The molecule has 0 rings (SSSR count). The molecule has 9 heavy (non-hydrogen) atoms. The van der Waals surface area contributed by atoms with Crippen molar-refractivity contribution in [3.63, 3.8) is 0 Å². The van der Waals surface area contributed by atoms with E-state index in [1.54, 1.807) is 0 Å². The van der Waals surface area contributed by atoms with E-state index < -0.39 is 0 Å². The summed E-state index contributed by atoms with van der Waals surface area (Å²) in [5.74, 6) is 8.67. The number of carbonyl (C=O) groups is 1. The van der Waals surface area contributed by atoms with Gasteiger partial charge in [-0.2, -0.15) is 0 Å². The highest BCUT2D eigenvalue weighted by Crippen LogP contribution is 1.55. The van der Waals surface area contributed by atoms with Gasteiger partial charge in [-0.3, -0.25) is 4.79 Å². The van der Waals surface area contributed by atoms with Crippen molar-refractivity contribution in [3.05, 3.63) is 0 Å². The fraction of sp³-hybridized carbons (Fsp3) is 0. The molecule has 0 saturated heterocycles. The lowest BCUT2D eigenvalue weighted by molar-refractivity contribution is -0.122. The van der Waals surface area contributed by atoms with E-state index in [0.717, 1.165) is 0 Å². The standard InChI is InChI=1S/C7H2O2/c1-2-3-4-5-6-9-7-8/h1,7H. The highest BCUT2D eigenvalue weighted by atomic mass is 16.5. The molecule has 0 spiro atoms. The van der Waals surface area contributed by atoms with Crippen LogP contribution in [0.5, 0.6) is 0 Å². The van der Waals surface area contributed by atoms with Crippen LogP contribution < -0.4 is 0 Å². The fourth-order valence-corrected chi connectivity index (χ4v) is 0.146. The van der Waals surface area contributed by atoms with Gasteiger partial charge in [-0.1, -0.05) is 0 Å². The minimum absolute atomic E-state index is 0.213. The molecule has 0 aliphatic heterocycles. The minimum atomic E-state index is 0.213. The van der Waals surface area contributed by atoms with Gasteiger partial charge in [-0.25, -0.2) is 0 Å². The number of ether oxygens (including phenoxy) is 1. The Balaban J connectivity index is 3.64. The third-order valence-corrected chi connectivity index (χ3v) is 0.355. The van der Waals surface area contributed by atoms with E-state index in [4.69, 9.17) is 6.42 Å². The van der Waals surface area contributed by atoms with E-state index in [1.807, 2.05) is 12.0 Å². The van der Waals surface area contributed by atoms with Crippen molar-refractivity contribution in [1.29, 1.82) is 0 Å². The molecule has 0 aliphatic rings. The summed E-state index contributed by atoms with van der Waals surface area (Å²) in [6, 6.07) is 0. The monoisotopic (exact) mass is 118 g/mol. The van der Waals surface area contributed by atoms with Crippen LogP contribution in [0.2, 0.25) is 0 Å². The molecule has 0 unspecified atom stereocenters. The number of hydrogen-bond acceptors (Lipinski definition) is 2. The topological polar surface area (TPSA) is 26.3 Å². The first-order chi connectivity index (χ1) is 4.41. The highest BCUT2D eigenvalue weighted by molar-refractivity contribution is 5.41. The van der Waals surface area contributed by atoms with E-state index in [9.17, 15) is 4.79 Å². The van der Waals surface area contributed by atoms with Crippen LogP contribution in [0.4, 0.5) is 0 Å². The van der Waals surface area contributed by atoms with Crippen LogP contribution in [0.15, 0.2) is 0 Å². The van der Waals surface area contributed by atoms with Crippen molar-refractivity contribution >= 4 is 6.47 Å². The molecular formula is C7H2O2. The summed E-state index contributed by atoms with van der Waals surface area (Å²) in [5, 5.41) is 0. The van der Waals surface area contributed by atoms with E-state index in [2.05, 4.69) is 22.5 Å². The zero-order chi connectivity index (χ0) is 6.95. The van der Waals surface area contributed by atoms with Gasteiger partial charge in [0.15, 0.2) is 0 Å². The van der Waals surface area contributed by atoms with Crippen molar-refractivity contribution in [2.45, 2.75) is 0 Å². The van der Waals surface area contributed by atoms with Crippen molar-refractivity contribution in [1.82, 2.24) is 0 Å². The third kappa shape index (κ3) is 6.15. The Morgan fingerprint density at radius 2 is 2.11 bits per heavy atom. The quantitative estimate of drug-likeness (QED) is 0.351. The Kier molecular flexibility index (Phi) is 4.89. The van der Waals surface area contributed by atoms with Gasteiger partial charge in [0.05, 0.1) is 0 Å². The van der Waals surface area contributed by atoms with Gasteiger partial charge in [0, 0.05) is 11.8 Å². The summed E-state index contributed by atoms with van der Waals surface area (Å²) in [5.41, 5.74) is 0. The molecule has 0 aliphatic carbocycles. The second-order valence-corrected chi connectivity index (χ2v) is 0.835. The van der Waals surface area contributed by atoms with Gasteiger partial charge in [0.25, 0.3) is 0 Å². The number of hydrogen-bond donors (Lipinski definition) is 0. The number of carbonyl (C=O) groups excluding carboxylic acids is 1. The SMILES string of the molecule is C#CC#CC#COC=O. The lowest BCUT2D eigenvalue weighted by atomic mass is 10.6. The van der Waals surface area contributed by atoms with E-state index in [0.29, 0.717) is 0 Å². The van der Waals surface area contributed by atoms with Crippen molar-refractivity contribution in [2.75, 3.05) is 0 Å². The predicted octanol–water partition coefficient (Wildman–Crippen LogP) is -0.243. The van der Waals surface area contributed by atoms with Crippen LogP contribution in [-0.4, -0.2) is 6.47 Å². The van der Waals surface area contributed by atoms with Crippen LogP contribution in [-0.2, 0) is 9.53 Å². The summed E-state index contributed by atoms with van der Waals surface area (Å²) >= 11 is 0. The molecule has 0 radical (unpaired) electrons. The highest BCUT2D eigenvalue weighted by Gasteiger charge is 1.60. The molecule has 0 aromatic heterocycles. The molecule has 0 bridgehead atoms. The molecule has 0 heterocycles. The summed E-state index contributed by atoms with van der Waals surface area (Å²) in [4.78, 5) is 9.42. The Morgan fingerprint density at radius 1 is 1.33 bits per heavy atom. The lowest BCUT2D eigenvalue weighted by Gasteiger charge is -1.67. The van der Waals surface area contributed by atoms with Crippen molar-refractivity contribution in [3.8, 4) is 36.2 Å². The van der Waals surface area contributed by atoms with Gasteiger partial charge < -0.3 is 4.74 Å². The van der Waals surface area contributed by atoms with E-state index >= 15 is 0 Å².